The highest BCUT2D eigenvalue weighted by Gasteiger charge is 2.20. The third kappa shape index (κ3) is 5.57. The first-order chi connectivity index (χ1) is 16.7. The summed E-state index contributed by atoms with van der Waals surface area (Å²) in [6.45, 7) is 9.56. The summed E-state index contributed by atoms with van der Waals surface area (Å²) in [6.07, 6.45) is 17.5. The molecule has 0 saturated carbocycles. The van der Waals surface area contributed by atoms with Gasteiger partial charge in [0.1, 0.15) is 17.7 Å². The third-order valence-electron chi connectivity index (χ3n) is 5.70. The van der Waals surface area contributed by atoms with Gasteiger partial charge in [-0.2, -0.15) is 5.10 Å². The van der Waals surface area contributed by atoms with Gasteiger partial charge in [0.05, 0.1) is 18.4 Å². The summed E-state index contributed by atoms with van der Waals surface area (Å²) in [5.74, 6) is 0.301. The van der Waals surface area contributed by atoms with Crippen molar-refractivity contribution in [3.05, 3.63) is 79.5 Å². The summed E-state index contributed by atoms with van der Waals surface area (Å²) in [5.41, 5.74) is 2.88. The van der Waals surface area contributed by atoms with Crippen molar-refractivity contribution in [3.8, 4) is 22.9 Å². The lowest BCUT2D eigenvalue weighted by Crippen LogP contribution is -2.29. The van der Waals surface area contributed by atoms with E-state index in [1.54, 1.807) is 22.9 Å². The lowest BCUT2D eigenvalue weighted by molar-refractivity contribution is 0.421. The van der Waals surface area contributed by atoms with Gasteiger partial charge in [0.15, 0.2) is 17.5 Å². The second-order valence-corrected chi connectivity index (χ2v) is 8.15. The molecule has 1 saturated heterocycles. The first kappa shape index (κ1) is 23.4. The molecule has 3 aromatic rings. The van der Waals surface area contributed by atoms with Crippen LogP contribution >= 0.6 is 0 Å². The van der Waals surface area contributed by atoms with Gasteiger partial charge in [-0.3, -0.25) is 4.68 Å². The molecule has 1 fully saturated rings. The standard InChI is InChI=1S/C26H29FN6O/c1-3-5-12-20(11-4-2)19-33-24(22-13-16-34-31-22)17-23(30-33)25-28-18-21(27)26(29-25)32-14-9-7-6-8-10-15-32/h3-5,11-13,16-18H,1-2,6-10,14-15,19H2/b12-5-,20-11+. The summed E-state index contributed by atoms with van der Waals surface area (Å²) in [7, 11) is 0. The Morgan fingerprint density at radius 1 is 1.09 bits per heavy atom. The molecule has 0 amide bonds. The minimum Gasteiger partial charge on any atom is -0.364 e. The number of aromatic nitrogens is 5. The molecule has 0 aliphatic carbocycles. The molecular formula is C26H29FN6O. The number of nitrogens with zero attached hydrogens (tertiary/aromatic N) is 6. The van der Waals surface area contributed by atoms with Gasteiger partial charge < -0.3 is 9.42 Å². The number of allylic oxidation sites excluding steroid dienone is 6. The van der Waals surface area contributed by atoms with E-state index < -0.39 is 5.82 Å². The van der Waals surface area contributed by atoms with Crippen LogP contribution in [0.15, 0.2) is 78.2 Å². The second-order valence-electron chi connectivity index (χ2n) is 8.15. The number of hydrogen-bond donors (Lipinski definition) is 0. The molecule has 4 heterocycles. The van der Waals surface area contributed by atoms with Crippen LogP contribution in [0, 0.1) is 5.82 Å². The monoisotopic (exact) mass is 460 g/mol. The van der Waals surface area contributed by atoms with Gasteiger partial charge in [0.25, 0.3) is 0 Å². The molecule has 0 aromatic carbocycles. The Balaban J connectivity index is 1.71. The molecule has 34 heavy (non-hydrogen) atoms. The van der Waals surface area contributed by atoms with Crippen LogP contribution in [0.3, 0.4) is 0 Å². The molecule has 1 aliphatic rings. The van der Waals surface area contributed by atoms with E-state index in [-0.39, 0.29) is 0 Å². The van der Waals surface area contributed by atoms with Gasteiger partial charge in [-0.25, -0.2) is 14.4 Å². The number of halogens is 1. The highest BCUT2D eigenvalue weighted by molar-refractivity contribution is 5.63. The summed E-state index contributed by atoms with van der Waals surface area (Å²) in [5, 5.41) is 8.83. The molecule has 8 heteroatoms. The Hall–Kier alpha value is -3.81. The van der Waals surface area contributed by atoms with Crippen molar-refractivity contribution in [1.29, 1.82) is 0 Å². The van der Waals surface area contributed by atoms with Crippen LogP contribution in [0.2, 0.25) is 0 Å². The summed E-state index contributed by atoms with van der Waals surface area (Å²) in [4.78, 5) is 10.9. The fourth-order valence-corrected chi connectivity index (χ4v) is 4.04. The maximum Gasteiger partial charge on any atom is 0.183 e. The summed E-state index contributed by atoms with van der Waals surface area (Å²) >= 11 is 0. The van der Waals surface area contributed by atoms with Crippen LogP contribution in [0.25, 0.3) is 22.9 Å². The Morgan fingerprint density at radius 3 is 2.59 bits per heavy atom. The summed E-state index contributed by atoms with van der Waals surface area (Å²) in [6, 6.07) is 3.62. The number of hydrogen-bond acceptors (Lipinski definition) is 6. The molecule has 0 radical (unpaired) electrons. The maximum absolute atomic E-state index is 14.7. The smallest absolute Gasteiger partial charge is 0.183 e. The van der Waals surface area contributed by atoms with Gasteiger partial charge >= 0.3 is 0 Å². The fourth-order valence-electron chi connectivity index (χ4n) is 4.04. The first-order valence-electron chi connectivity index (χ1n) is 11.6. The molecule has 0 unspecified atom stereocenters. The fraction of sp³-hybridized carbons (Fsp3) is 0.308. The highest BCUT2D eigenvalue weighted by atomic mass is 19.1. The first-order valence-corrected chi connectivity index (χ1v) is 11.6. The van der Waals surface area contributed by atoms with Gasteiger partial charge in [0.2, 0.25) is 0 Å². The lowest BCUT2D eigenvalue weighted by atomic mass is 10.1. The number of rotatable bonds is 8. The van der Waals surface area contributed by atoms with Crippen molar-refractivity contribution >= 4 is 5.82 Å². The minimum atomic E-state index is -0.411. The third-order valence-corrected chi connectivity index (χ3v) is 5.70. The Bertz CT molecular complexity index is 1170. The van der Waals surface area contributed by atoms with E-state index in [1.807, 2.05) is 29.2 Å². The van der Waals surface area contributed by atoms with Crippen molar-refractivity contribution < 1.29 is 8.91 Å². The zero-order valence-corrected chi connectivity index (χ0v) is 19.2. The predicted octanol–water partition coefficient (Wildman–Crippen LogP) is 5.76. The molecule has 1 aliphatic heterocycles. The minimum absolute atomic E-state index is 0.339. The van der Waals surface area contributed by atoms with Crippen molar-refractivity contribution in [1.82, 2.24) is 24.9 Å². The van der Waals surface area contributed by atoms with E-state index >= 15 is 0 Å². The van der Waals surface area contributed by atoms with Crippen LogP contribution in [0.4, 0.5) is 10.2 Å². The second kappa shape index (κ2) is 11.4. The molecule has 0 N–H and O–H groups in total. The topological polar surface area (TPSA) is 72.9 Å². The zero-order valence-electron chi connectivity index (χ0n) is 19.2. The van der Waals surface area contributed by atoms with Crippen LogP contribution in [0.1, 0.15) is 32.1 Å². The van der Waals surface area contributed by atoms with Gasteiger partial charge in [-0.05, 0) is 24.5 Å². The maximum atomic E-state index is 14.7. The molecular weight excluding hydrogens is 431 g/mol. The quantitative estimate of drug-likeness (QED) is 0.398. The van der Waals surface area contributed by atoms with Gasteiger partial charge in [-0.15, -0.1) is 0 Å². The van der Waals surface area contributed by atoms with Crippen molar-refractivity contribution in [2.45, 2.75) is 38.6 Å². The average molecular weight is 461 g/mol. The highest BCUT2D eigenvalue weighted by Crippen LogP contribution is 2.27. The van der Waals surface area contributed by atoms with E-state index in [0.717, 1.165) is 50.0 Å². The van der Waals surface area contributed by atoms with E-state index in [2.05, 4.69) is 28.3 Å². The van der Waals surface area contributed by atoms with Gasteiger partial charge in [0, 0.05) is 19.2 Å². The van der Waals surface area contributed by atoms with E-state index in [0.29, 0.717) is 29.6 Å². The molecule has 176 valence electrons. The normalized spacial score (nSPS) is 15.3. The largest absolute Gasteiger partial charge is 0.364 e. The van der Waals surface area contributed by atoms with Crippen LogP contribution in [-0.2, 0) is 6.54 Å². The molecule has 7 nitrogen and oxygen atoms in total. The Labute approximate surface area is 199 Å². The van der Waals surface area contributed by atoms with Crippen molar-refractivity contribution in [2.24, 2.45) is 0 Å². The molecule has 4 rings (SSSR count). The lowest BCUT2D eigenvalue weighted by Gasteiger charge is -2.26. The Morgan fingerprint density at radius 2 is 1.88 bits per heavy atom. The summed E-state index contributed by atoms with van der Waals surface area (Å²) < 4.78 is 21.6. The van der Waals surface area contributed by atoms with Crippen molar-refractivity contribution in [2.75, 3.05) is 18.0 Å². The zero-order chi connectivity index (χ0) is 23.8. The molecule has 0 spiro atoms. The van der Waals surface area contributed by atoms with Crippen LogP contribution in [-0.4, -0.2) is 38.0 Å². The van der Waals surface area contributed by atoms with Crippen LogP contribution < -0.4 is 4.90 Å². The van der Waals surface area contributed by atoms with E-state index in [1.165, 1.54) is 18.9 Å². The molecule has 3 aromatic heterocycles. The SMILES string of the molecule is C=C/C=C\C(=C/C=C)Cn1nc(-c2ncc(F)c(N3CCCCCCC3)n2)cc1-c1ccon1. The predicted molar refractivity (Wildman–Crippen MR) is 132 cm³/mol. The molecule has 0 atom stereocenters. The van der Waals surface area contributed by atoms with Crippen LogP contribution in [0.5, 0.6) is 0 Å². The van der Waals surface area contributed by atoms with E-state index in [9.17, 15) is 4.39 Å². The molecule has 0 bridgehead atoms. The number of anilines is 1. The Kier molecular flexibility index (Phi) is 7.80. The average Bonchev–Trinajstić information content (AvgIpc) is 3.48. The van der Waals surface area contributed by atoms with Crippen molar-refractivity contribution in [3.63, 3.8) is 0 Å². The van der Waals surface area contributed by atoms with E-state index in [4.69, 9.17) is 9.62 Å². The van der Waals surface area contributed by atoms with Gasteiger partial charge in [-0.1, -0.05) is 68.0 Å².